The molecule has 2 aliphatic rings. The van der Waals surface area contributed by atoms with Crippen LogP contribution < -0.4 is 9.64 Å². The zero-order valence-electron chi connectivity index (χ0n) is 13.7. The van der Waals surface area contributed by atoms with Crippen molar-refractivity contribution < 1.29 is 14.3 Å². The number of likely N-dealkylation sites (N-methyl/N-ethyl adjacent to an activating group) is 1. The monoisotopic (exact) mass is 317 g/mol. The molecule has 6 nitrogen and oxygen atoms in total. The Morgan fingerprint density at radius 2 is 2.00 bits per heavy atom. The van der Waals surface area contributed by atoms with Crippen molar-refractivity contribution in [2.45, 2.75) is 19.4 Å². The summed E-state index contributed by atoms with van der Waals surface area (Å²) in [5.74, 6) is 0.490. The number of carbonyl (C=O) groups is 2. The first kappa shape index (κ1) is 15.8. The van der Waals surface area contributed by atoms with Crippen molar-refractivity contribution in [1.29, 1.82) is 0 Å². The zero-order valence-corrected chi connectivity index (χ0v) is 13.7. The van der Waals surface area contributed by atoms with Crippen LogP contribution >= 0.6 is 0 Å². The summed E-state index contributed by atoms with van der Waals surface area (Å²) in [7, 11) is 2.07. The predicted molar refractivity (Wildman–Crippen MR) is 87.6 cm³/mol. The second kappa shape index (κ2) is 6.58. The van der Waals surface area contributed by atoms with E-state index < -0.39 is 6.10 Å². The molecule has 0 bridgehead atoms. The summed E-state index contributed by atoms with van der Waals surface area (Å²) in [6.07, 6.45) is 0.403. The third-order valence-electron chi connectivity index (χ3n) is 4.44. The van der Waals surface area contributed by atoms with Crippen LogP contribution in [0.1, 0.15) is 13.3 Å². The Morgan fingerprint density at radius 1 is 1.22 bits per heavy atom. The van der Waals surface area contributed by atoms with Crippen molar-refractivity contribution >= 4 is 17.5 Å². The molecule has 0 radical (unpaired) electrons. The van der Waals surface area contributed by atoms with Crippen LogP contribution in [0.15, 0.2) is 24.3 Å². The fourth-order valence-electron chi connectivity index (χ4n) is 3.05. The average molecular weight is 317 g/mol. The number of rotatable bonds is 2. The summed E-state index contributed by atoms with van der Waals surface area (Å²) < 4.78 is 5.61. The second-order valence-corrected chi connectivity index (χ2v) is 6.19. The Kier molecular flexibility index (Phi) is 4.52. The van der Waals surface area contributed by atoms with Gasteiger partial charge in [0.25, 0.3) is 5.91 Å². The average Bonchev–Trinajstić information content (AvgIpc) is 2.76. The molecule has 1 aromatic carbocycles. The lowest BCUT2D eigenvalue weighted by Crippen LogP contribution is -2.50. The Bertz CT molecular complexity index is 605. The molecular weight excluding hydrogens is 294 g/mol. The molecule has 0 aromatic heterocycles. The number of hydrogen-bond acceptors (Lipinski definition) is 4. The summed E-state index contributed by atoms with van der Waals surface area (Å²) in [5.41, 5.74) is 0.677. The molecule has 1 atom stereocenters. The van der Waals surface area contributed by atoms with E-state index in [9.17, 15) is 9.59 Å². The zero-order chi connectivity index (χ0) is 16.4. The number of fused-ring (bicyclic) bond motifs is 1. The van der Waals surface area contributed by atoms with E-state index >= 15 is 0 Å². The summed E-state index contributed by atoms with van der Waals surface area (Å²) in [5, 5.41) is 0. The van der Waals surface area contributed by atoms with Gasteiger partial charge in [-0.25, -0.2) is 0 Å². The van der Waals surface area contributed by atoms with Crippen LogP contribution in [0.2, 0.25) is 0 Å². The fourth-order valence-corrected chi connectivity index (χ4v) is 3.05. The summed E-state index contributed by atoms with van der Waals surface area (Å²) in [6, 6.07) is 7.37. The van der Waals surface area contributed by atoms with Gasteiger partial charge in [0.15, 0.2) is 6.10 Å². The van der Waals surface area contributed by atoms with E-state index in [1.807, 2.05) is 29.2 Å². The van der Waals surface area contributed by atoms with Crippen molar-refractivity contribution in [3.8, 4) is 5.75 Å². The number of para-hydroxylation sites is 2. The first-order chi connectivity index (χ1) is 11.1. The van der Waals surface area contributed by atoms with Gasteiger partial charge >= 0.3 is 0 Å². The van der Waals surface area contributed by atoms with Gasteiger partial charge in [0.05, 0.1) is 5.69 Å². The van der Waals surface area contributed by atoms with E-state index in [4.69, 9.17) is 4.74 Å². The van der Waals surface area contributed by atoms with Gasteiger partial charge in [-0.1, -0.05) is 12.1 Å². The predicted octanol–water partition coefficient (Wildman–Crippen LogP) is 0.965. The molecule has 124 valence electrons. The van der Waals surface area contributed by atoms with Crippen LogP contribution in [0.5, 0.6) is 5.75 Å². The summed E-state index contributed by atoms with van der Waals surface area (Å²) in [4.78, 5) is 30.8. The molecule has 1 saturated heterocycles. The van der Waals surface area contributed by atoms with Gasteiger partial charge in [-0.3, -0.25) is 14.5 Å². The van der Waals surface area contributed by atoms with Crippen molar-refractivity contribution in [3.63, 3.8) is 0 Å². The van der Waals surface area contributed by atoms with Gasteiger partial charge in [-0.05, 0) is 39.1 Å². The topological polar surface area (TPSA) is 53.1 Å². The molecule has 23 heavy (non-hydrogen) atoms. The number of ether oxygens (including phenoxy) is 1. The molecule has 1 fully saturated rings. The molecule has 0 N–H and O–H groups in total. The Hall–Kier alpha value is -2.08. The van der Waals surface area contributed by atoms with Gasteiger partial charge < -0.3 is 14.5 Å². The Labute approximate surface area is 136 Å². The highest BCUT2D eigenvalue weighted by Crippen LogP contribution is 2.33. The fraction of sp³-hybridized carbons (Fsp3) is 0.529. The van der Waals surface area contributed by atoms with E-state index in [-0.39, 0.29) is 18.4 Å². The van der Waals surface area contributed by atoms with E-state index in [0.717, 1.165) is 26.1 Å². The molecule has 1 aromatic rings. The number of amides is 2. The third kappa shape index (κ3) is 3.32. The normalized spacial score (nSPS) is 22.3. The summed E-state index contributed by atoms with van der Waals surface area (Å²) in [6.45, 7) is 5.13. The molecule has 6 heteroatoms. The minimum absolute atomic E-state index is 0.00227. The first-order valence-corrected chi connectivity index (χ1v) is 8.09. The van der Waals surface area contributed by atoms with Crippen LogP contribution in [-0.4, -0.2) is 67.5 Å². The van der Waals surface area contributed by atoms with E-state index in [1.54, 1.807) is 11.8 Å². The van der Waals surface area contributed by atoms with Crippen LogP contribution in [0.3, 0.4) is 0 Å². The molecule has 1 unspecified atom stereocenters. The molecule has 0 aliphatic carbocycles. The molecule has 0 spiro atoms. The Morgan fingerprint density at radius 3 is 2.83 bits per heavy atom. The summed E-state index contributed by atoms with van der Waals surface area (Å²) >= 11 is 0. The number of anilines is 1. The Balaban J connectivity index is 1.76. The minimum Gasteiger partial charge on any atom is -0.479 e. The highest BCUT2D eigenvalue weighted by Gasteiger charge is 2.33. The first-order valence-electron chi connectivity index (χ1n) is 8.09. The standard InChI is InChI=1S/C17H23N3O3/c1-13-17(22)20(14-6-3-4-7-15(14)23-13)12-16(21)19-9-5-8-18(2)10-11-19/h3-4,6-7,13H,5,8-12H2,1-2H3. The molecule has 2 heterocycles. The third-order valence-corrected chi connectivity index (χ3v) is 4.44. The largest absolute Gasteiger partial charge is 0.479 e. The highest BCUT2D eigenvalue weighted by molar-refractivity contribution is 6.03. The van der Waals surface area contributed by atoms with E-state index in [1.165, 1.54) is 0 Å². The molecular formula is C17H23N3O3. The number of benzene rings is 1. The number of carbonyl (C=O) groups excluding carboxylic acids is 2. The SMILES string of the molecule is CC1Oc2ccccc2N(CC(=O)N2CCCN(C)CC2)C1=O. The van der Waals surface area contributed by atoms with Crippen LogP contribution in [-0.2, 0) is 9.59 Å². The van der Waals surface area contributed by atoms with Crippen LogP contribution in [0, 0.1) is 0 Å². The smallest absolute Gasteiger partial charge is 0.268 e. The van der Waals surface area contributed by atoms with Gasteiger partial charge in [0.1, 0.15) is 12.3 Å². The van der Waals surface area contributed by atoms with Crippen molar-refractivity contribution in [1.82, 2.24) is 9.80 Å². The van der Waals surface area contributed by atoms with Crippen LogP contribution in [0.25, 0.3) is 0 Å². The molecule has 2 aliphatic heterocycles. The number of hydrogen-bond donors (Lipinski definition) is 0. The van der Waals surface area contributed by atoms with Gasteiger partial charge in [0, 0.05) is 19.6 Å². The van der Waals surface area contributed by atoms with Gasteiger partial charge in [-0.15, -0.1) is 0 Å². The highest BCUT2D eigenvalue weighted by atomic mass is 16.5. The van der Waals surface area contributed by atoms with Crippen molar-refractivity contribution in [2.75, 3.05) is 44.7 Å². The lowest BCUT2D eigenvalue weighted by Gasteiger charge is -2.33. The number of nitrogens with zero attached hydrogens (tertiary/aromatic N) is 3. The van der Waals surface area contributed by atoms with E-state index in [0.29, 0.717) is 18.0 Å². The maximum Gasteiger partial charge on any atom is 0.268 e. The second-order valence-electron chi connectivity index (χ2n) is 6.19. The molecule has 2 amide bonds. The van der Waals surface area contributed by atoms with Gasteiger partial charge in [0.2, 0.25) is 5.91 Å². The minimum atomic E-state index is -0.562. The van der Waals surface area contributed by atoms with E-state index in [2.05, 4.69) is 11.9 Å². The molecule has 3 rings (SSSR count). The van der Waals surface area contributed by atoms with Crippen molar-refractivity contribution in [3.05, 3.63) is 24.3 Å². The van der Waals surface area contributed by atoms with Crippen LogP contribution in [0.4, 0.5) is 5.69 Å². The lowest BCUT2D eigenvalue weighted by atomic mass is 10.2. The molecule has 0 saturated carbocycles. The van der Waals surface area contributed by atoms with Gasteiger partial charge in [-0.2, -0.15) is 0 Å². The quantitative estimate of drug-likeness (QED) is 0.815. The van der Waals surface area contributed by atoms with Crippen molar-refractivity contribution in [2.24, 2.45) is 0 Å². The maximum absolute atomic E-state index is 12.7. The maximum atomic E-state index is 12.7. The lowest BCUT2D eigenvalue weighted by molar-refractivity contribution is -0.133.